The van der Waals surface area contributed by atoms with Crippen LogP contribution < -0.4 is 10.2 Å². The number of nitrogens with zero attached hydrogens (tertiary/aromatic N) is 1. The normalized spacial score (nSPS) is 20.9. The van der Waals surface area contributed by atoms with Gasteiger partial charge in [-0.2, -0.15) is 0 Å². The van der Waals surface area contributed by atoms with Gasteiger partial charge in [0.05, 0.1) is 13.1 Å². The van der Waals surface area contributed by atoms with E-state index in [0.29, 0.717) is 13.1 Å². The van der Waals surface area contributed by atoms with Crippen LogP contribution in [0.2, 0.25) is 0 Å². The number of carbonyl (C=O) groups excluding carboxylic acids is 2. The first kappa shape index (κ1) is 14.3. The van der Waals surface area contributed by atoms with Gasteiger partial charge in [0.2, 0.25) is 5.91 Å². The van der Waals surface area contributed by atoms with Crippen LogP contribution in [0.5, 0.6) is 0 Å². The van der Waals surface area contributed by atoms with Crippen molar-refractivity contribution >= 4 is 29.4 Å². The fourth-order valence-electron chi connectivity index (χ4n) is 2.59. The van der Waals surface area contributed by atoms with Crippen molar-refractivity contribution in [1.82, 2.24) is 5.32 Å². The molecular weight excluding hydrogens is 288 g/mol. The molecule has 2 heterocycles. The summed E-state index contributed by atoms with van der Waals surface area (Å²) >= 11 is 1.84. The Morgan fingerprint density at radius 1 is 1.52 bits per heavy atom. The van der Waals surface area contributed by atoms with Crippen molar-refractivity contribution in [3.63, 3.8) is 0 Å². The van der Waals surface area contributed by atoms with E-state index in [9.17, 15) is 9.59 Å². The van der Waals surface area contributed by atoms with Gasteiger partial charge in [0, 0.05) is 17.5 Å². The third-order valence-electron chi connectivity index (χ3n) is 3.66. The Labute approximate surface area is 128 Å². The summed E-state index contributed by atoms with van der Waals surface area (Å²) in [6, 6.07) is 6.15. The average molecular weight is 306 g/mol. The van der Waals surface area contributed by atoms with E-state index in [1.54, 1.807) is 4.90 Å². The number of thioether (sulfide) groups is 1. The predicted molar refractivity (Wildman–Crippen MR) is 81.8 cm³/mol. The van der Waals surface area contributed by atoms with E-state index >= 15 is 0 Å². The molecule has 1 fully saturated rings. The van der Waals surface area contributed by atoms with Crippen LogP contribution in [0.15, 0.2) is 23.1 Å². The highest BCUT2D eigenvalue weighted by atomic mass is 32.2. The second-order valence-electron chi connectivity index (χ2n) is 5.30. The average Bonchev–Trinajstić information content (AvgIpc) is 2.86. The molecule has 21 heavy (non-hydrogen) atoms. The Kier molecular flexibility index (Phi) is 4.05. The summed E-state index contributed by atoms with van der Waals surface area (Å²) < 4.78 is 5.29. The molecule has 0 aliphatic carbocycles. The van der Waals surface area contributed by atoms with E-state index in [-0.39, 0.29) is 18.1 Å². The minimum absolute atomic E-state index is 0.116. The number of rotatable bonds is 3. The molecule has 0 unspecified atom stereocenters. The third-order valence-corrected chi connectivity index (χ3v) is 4.85. The lowest BCUT2D eigenvalue weighted by atomic mass is 10.1. The van der Waals surface area contributed by atoms with Crippen LogP contribution in [-0.2, 0) is 16.0 Å². The van der Waals surface area contributed by atoms with Gasteiger partial charge in [-0.15, -0.1) is 11.8 Å². The Hall–Kier alpha value is -1.69. The maximum atomic E-state index is 12.0. The van der Waals surface area contributed by atoms with Crippen molar-refractivity contribution in [2.45, 2.75) is 30.8 Å². The fraction of sp³-hybridized carbons (Fsp3) is 0.467. The van der Waals surface area contributed by atoms with Gasteiger partial charge in [0.15, 0.2) is 0 Å². The first-order valence-electron chi connectivity index (χ1n) is 7.12. The number of benzene rings is 1. The highest BCUT2D eigenvalue weighted by Crippen LogP contribution is 2.34. The molecule has 6 heteroatoms. The molecule has 0 spiro atoms. The molecule has 0 aromatic heterocycles. The first-order chi connectivity index (χ1) is 10.1. The van der Waals surface area contributed by atoms with Gasteiger partial charge < -0.3 is 10.1 Å². The molecule has 112 valence electrons. The van der Waals surface area contributed by atoms with Crippen molar-refractivity contribution < 1.29 is 14.3 Å². The minimum Gasteiger partial charge on any atom is -0.442 e. The van der Waals surface area contributed by atoms with Crippen LogP contribution in [0.4, 0.5) is 10.5 Å². The van der Waals surface area contributed by atoms with Crippen LogP contribution >= 0.6 is 11.8 Å². The number of fused-ring (bicyclic) bond motifs is 1. The standard InChI is InChI=1S/C15H18N2O3S/c1-10(18)16-8-13-9-17(15(19)20-13)12-5-4-11-3-2-6-21-14(11)7-12/h4-5,7,13H,2-3,6,8-9H2,1H3,(H,16,18)/t13-/m0/s1. The minimum atomic E-state index is -0.342. The summed E-state index contributed by atoms with van der Waals surface area (Å²) in [5.74, 6) is 1.01. The quantitative estimate of drug-likeness (QED) is 0.930. The van der Waals surface area contributed by atoms with E-state index in [4.69, 9.17) is 4.74 Å². The van der Waals surface area contributed by atoms with Gasteiger partial charge in [0.25, 0.3) is 0 Å². The number of nitrogens with one attached hydrogen (secondary N) is 1. The largest absolute Gasteiger partial charge is 0.442 e. The molecule has 1 N–H and O–H groups in total. The number of ether oxygens (including phenoxy) is 1. The molecule has 5 nitrogen and oxygen atoms in total. The molecule has 2 aliphatic rings. The number of cyclic esters (lactones) is 1. The molecule has 1 aromatic carbocycles. The maximum absolute atomic E-state index is 12.0. The van der Waals surface area contributed by atoms with Crippen molar-refractivity contribution in [2.75, 3.05) is 23.7 Å². The zero-order valence-electron chi connectivity index (χ0n) is 11.9. The summed E-state index contributed by atoms with van der Waals surface area (Å²) in [5.41, 5.74) is 2.23. The van der Waals surface area contributed by atoms with Gasteiger partial charge >= 0.3 is 6.09 Å². The smallest absolute Gasteiger partial charge is 0.414 e. The molecule has 0 radical (unpaired) electrons. The summed E-state index contributed by atoms with van der Waals surface area (Å²) in [6.45, 7) is 2.29. The topological polar surface area (TPSA) is 58.6 Å². The fourth-order valence-corrected chi connectivity index (χ4v) is 3.66. The van der Waals surface area contributed by atoms with Crippen LogP contribution in [-0.4, -0.2) is 36.9 Å². The highest BCUT2D eigenvalue weighted by molar-refractivity contribution is 7.99. The molecule has 1 aromatic rings. The summed E-state index contributed by atoms with van der Waals surface area (Å²) in [7, 11) is 0. The van der Waals surface area contributed by atoms with Crippen molar-refractivity contribution in [3.05, 3.63) is 23.8 Å². The number of aryl methyl sites for hydroxylation is 1. The molecule has 2 amide bonds. The van der Waals surface area contributed by atoms with Gasteiger partial charge in [-0.25, -0.2) is 4.79 Å². The van der Waals surface area contributed by atoms with Gasteiger partial charge in [0.1, 0.15) is 6.10 Å². The lowest BCUT2D eigenvalue weighted by Gasteiger charge is -2.19. The highest BCUT2D eigenvalue weighted by Gasteiger charge is 2.32. The van der Waals surface area contributed by atoms with E-state index in [0.717, 1.165) is 17.9 Å². The van der Waals surface area contributed by atoms with Crippen LogP contribution in [0.3, 0.4) is 0 Å². The number of anilines is 1. The van der Waals surface area contributed by atoms with Gasteiger partial charge in [-0.1, -0.05) is 6.07 Å². The molecule has 0 saturated carbocycles. The second kappa shape index (κ2) is 5.97. The zero-order valence-corrected chi connectivity index (χ0v) is 12.7. The Morgan fingerprint density at radius 3 is 3.19 bits per heavy atom. The second-order valence-corrected chi connectivity index (χ2v) is 6.43. The van der Waals surface area contributed by atoms with Crippen molar-refractivity contribution in [1.29, 1.82) is 0 Å². The summed E-state index contributed by atoms with van der Waals surface area (Å²) in [6.07, 6.45) is 1.69. The van der Waals surface area contributed by atoms with Crippen LogP contribution in [0.25, 0.3) is 0 Å². The lowest BCUT2D eigenvalue weighted by Crippen LogP contribution is -2.33. The Balaban J connectivity index is 1.72. The summed E-state index contributed by atoms with van der Waals surface area (Å²) in [4.78, 5) is 25.8. The predicted octanol–water partition coefficient (Wildman–Crippen LogP) is 2.19. The van der Waals surface area contributed by atoms with Crippen molar-refractivity contribution in [2.24, 2.45) is 0 Å². The molecule has 0 bridgehead atoms. The lowest BCUT2D eigenvalue weighted by molar-refractivity contribution is -0.119. The molecule has 1 saturated heterocycles. The molecule has 2 aliphatic heterocycles. The molecular formula is C15H18N2O3S. The monoisotopic (exact) mass is 306 g/mol. The zero-order chi connectivity index (χ0) is 14.8. The Bertz CT molecular complexity index is 576. The Morgan fingerprint density at radius 2 is 2.38 bits per heavy atom. The van der Waals surface area contributed by atoms with E-state index in [1.807, 2.05) is 17.8 Å². The van der Waals surface area contributed by atoms with Gasteiger partial charge in [-0.05, 0) is 36.3 Å². The SMILES string of the molecule is CC(=O)NC[C@H]1CN(c2ccc3c(c2)SCCC3)C(=O)O1. The van der Waals surface area contributed by atoms with E-state index < -0.39 is 0 Å². The van der Waals surface area contributed by atoms with E-state index in [2.05, 4.69) is 17.4 Å². The molecule has 3 rings (SSSR count). The number of carbonyl (C=O) groups is 2. The third kappa shape index (κ3) is 3.15. The molecule has 1 atom stereocenters. The first-order valence-corrected chi connectivity index (χ1v) is 8.10. The van der Waals surface area contributed by atoms with Crippen LogP contribution in [0.1, 0.15) is 18.9 Å². The maximum Gasteiger partial charge on any atom is 0.414 e. The van der Waals surface area contributed by atoms with E-state index in [1.165, 1.54) is 23.8 Å². The number of amides is 2. The summed E-state index contributed by atoms with van der Waals surface area (Å²) in [5, 5.41) is 2.68. The number of hydrogen-bond donors (Lipinski definition) is 1. The van der Waals surface area contributed by atoms with Crippen molar-refractivity contribution in [3.8, 4) is 0 Å². The number of hydrogen-bond acceptors (Lipinski definition) is 4. The van der Waals surface area contributed by atoms with Crippen LogP contribution in [0, 0.1) is 0 Å². The van der Waals surface area contributed by atoms with Gasteiger partial charge in [-0.3, -0.25) is 9.69 Å².